The van der Waals surface area contributed by atoms with Gasteiger partial charge in [0.25, 0.3) is 5.56 Å². The third-order valence-corrected chi connectivity index (χ3v) is 5.42. The standard InChI is InChI=1S/C19H25N5O3/c25-18-11-16(12-20-21-18)23-6-8-24(9-7-23)19(26)15-3-1-5-22(13-15)14-17-4-2-10-27-17/h2,4,10-12,15H,1,3,5-9,13-14H2,(H,21,25)/t15-/m0/s1. The van der Waals surface area contributed by atoms with E-state index in [1.807, 2.05) is 17.0 Å². The Labute approximate surface area is 157 Å². The molecule has 1 amide bonds. The van der Waals surface area contributed by atoms with E-state index in [9.17, 15) is 9.59 Å². The molecule has 0 aromatic carbocycles. The maximum absolute atomic E-state index is 13.0. The van der Waals surface area contributed by atoms with Gasteiger partial charge < -0.3 is 14.2 Å². The second-order valence-electron chi connectivity index (χ2n) is 7.27. The van der Waals surface area contributed by atoms with Crippen molar-refractivity contribution < 1.29 is 9.21 Å². The van der Waals surface area contributed by atoms with E-state index in [2.05, 4.69) is 20.0 Å². The Kier molecular flexibility index (Phi) is 5.24. The van der Waals surface area contributed by atoms with Crippen molar-refractivity contribution in [3.05, 3.63) is 46.8 Å². The van der Waals surface area contributed by atoms with Gasteiger partial charge in [-0.25, -0.2) is 5.10 Å². The van der Waals surface area contributed by atoms with Crippen molar-refractivity contribution >= 4 is 11.6 Å². The summed E-state index contributed by atoms with van der Waals surface area (Å²) in [5, 5.41) is 6.25. The highest BCUT2D eigenvalue weighted by atomic mass is 16.3. The lowest BCUT2D eigenvalue weighted by Crippen LogP contribution is -2.52. The summed E-state index contributed by atoms with van der Waals surface area (Å²) in [6.45, 7) is 5.37. The Bertz CT molecular complexity index is 811. The summed E-state index contributed by atoms with van der Waals surface area (Å²) in [5.74, 6) is 1.26. The number of likely N-dealkylation sites (tertiary alicyclic amines) is 1. The smallest absolute Gasteiger partial charge is 0.266 e. The number of H-pyrrole nitrogens is 1. The zero-order chi connectivity index (χ0) is 18.6. The second kappa shape index (κ2) is 7.96. The number of amides is 1. The Morgan fingerprint density at radius 2 is 2.11 bits per heavy atom. The van der Waals surface area contributed by atoms with E-state index in [0.717, 1.165) is 57.0 Å². The van der Waals surface area contributed by atoms with Crippen LogP contribution in [0.3, 0.4) is 0 Å². The van der Waals surface area contributed by atoms with Gasteiger partial charge in [0.2, 0.25) is 5.91 Å². The third kappa shape index (κ3) is 4.21. The largest absolute Gasteiger partial charge is 0.468 e. The van der Waals surface area contributed by atoms with Gasteiger partial charge in [-0.15, -0.1) is 0 Å². The zero-order valence-electron chi connectivity index (χ0n) is 15.3. The fraction of sp³-hybridized carbons (Fsp3) is 0.526. The number of nitrogens with one attached hydrogen (secondary N) is 1. The molecular weight excluding hydrogens is 346 g/mol. The number of aromatic nitrogens is 2. The highest BCUT2D eigenvalue weighted by molar-refractivity contribution is 5.79. The molecule has 1 atom stereocenters. The summed E-state index contributed by atoms with van der Waals surface area (Å²) < 4.78 is 5.44. The van der Waals surface area contributed by atoms with Crippen LogP contribution in [0.1, 0.15) is 18.6 Å². The van der Waals surface area contributed by atoms with Crippen molar-refractivity contribution in [1.29, 1.82) is 0 Å². The zero-order valence-corrected chi connectivity index (χ0v) is 15.3. The first-order valence-electron chi connectivity index (χ1n) is 9.52. The van der Waals surface area contributed by atoms with Crippen LogP contribution >= 0.6 is 0 Å². The second-order valence-corrected chi connectivity index (χ2v) is 7.27. The minimum Gasteiger partial charge on any atom is -0.468 e. The van der Waals surface area contributed by atoms with Crippen molar-refractivity contribution in [2.45, 2.75) is 19.4 Å². The molecule has 0 unspecified atom stereocenters. The number of nitrogens with zero attached hydrogens (tertiary/aromatic N) is 4. The van der Waals surface area contributed by atoms with Crippen LogP contribution in [0, 0.1) is 5.92 Å². The number of piperazine rings is 1. The van der Waals surface area contributed by atoms with Gasteiger partial charge in [0.15, 0.2) is 0 Å². The predicted molar refractivity (Wildman–Crippen MR) is 100 cm³/mol. The van der Waals surface area contributed by atoms with E-state index in [-0.39, 0.29) is 17.4 Å². The van der Waals surface area contributed by atoms with Crippen molar-refractivity contribution in [1.82, 2.24) is 20.0 Å². The molecule has 144 valence electrons. The number of hydrogen-bond acceptors (Lipinski definition) is 6. The number of anilines is 1. The lowest BCUT2D eigenvalue weighted by molar-refractivity contribution is -0.137. The number of furan rings is 1. The monoisotopic (exact) mass is 371 g/mol. The van der Waals surface area contributed by atoms with E-state index < -0.39 is 0 Å². The molecule has 2 fully saturated rings. The van der Waals surface area contributed by atoms with Crippen molar-refractivity contribution in [3.63, 3.8) is 0 Å². The van der Waals surface area contributed by atoms with Crippen LogP contribution in [-0.4, -0.2) is 65.2 Å². The van der Waals surface area contributed by atoms with Crippen molar-refractivity contribution in [2.24, 2.45) is 5.92 Å². The maximum Gasteiger partial charge on any atom is 0.266 e. The summed E-state index contributed by atoms with van der Waals surface area (Å²) in [6, 6.07) is 5.43. The first kappa shape index (κ1) is 17.8. The first-order valence-corrected chi connectivity index (χ1v) is 9.52. The van der Waals surface area contributed by atoms with Crippen LogP contribution < -0.4 is 10.5 Å². The molecule has 1 N–H and O–H groups in total. The van der Waals surface area contributed by atoms with E-state index in [1.165, 1.54) is 0 Å². The molecule has 0 aliphatic carbocycles. The first-order chi connectivity index (χ1) is 13.2. The molecule has 2 aromatic heterocycles. The molecule has 0 saturated carbocycles. The average Bonchev–Trinajstić information content (AvgIpc) is 3.21. The van der Waals surface area contributed by atoms with Gasteiger partial charge in [0.1, 0.15) is 5.76 Å². The minimum atomic E-state index is -0.204. The molecule has 27 heavy (non-hydrogen) atoms. The van der Waals surface area contributed by atoms with Gasteiger partial charge in [-0.2, -0.15) is 5.10 Å². The summed E-state index contributed by atoms with van der Waals surface area (Å²) in [5.41, 5.74) is 0.609. The fourth-order valence-electron chi connectivity index (χ4n) is 4.01. The van der Waals surface area contributed by atoms with Crippen molar-refractivity contribution in [3.8, 4) is 0 Å². The Morgan fingerprint density at radius 1 is 1.26 bits per heavy atom. The number of piperidine rings is 1. The summed E-state index contributed by atoms with van der Waals surface area (Å²) >= 11 is 0. The van der Waals surface area contributed by atoms with E-state index >= 15 is 0 Å². The summed E-state index contributed by atoms with van der Waals surface area (Å²) in [4.78, 5) is 30.8. The normalized spacial score (nSPS) is 21.4. The number of carbonyl (C=O) groups excluding carboxylic acids is 1. The SMILES string of the molecule is O=C([C@H]1CCCN(Cc2ccco2)C1)N1CCN(c2cn[nH]c(=O)c2)CC1. The van der Waals surface area contributed by atoms with E-state index in [1.54, 1.807) is 18.5 Å². The molecule has 0 spiro atoms. The average molecular weight is 371 g/mol. The fourth-order valence-corrected chi connectivity index (χ4v) is 4.01. The van der Waals surface area contributed by atoms with E-state index in [0.29, 0.717) is 13.1 Å². The topological polar surface area (TPSA) is 85.7 Å². The molecule has 2 aromatic rings. The van der Waals surface area contributed by atoms with Gasteiger partial charge >= 0.3 is 0 Å². The van der Waals surface area contributed by atoms with Crippen molar-refractivity contribution in [2.75, 3.05) is 44.2 Å². The quantitative estimate of drug-likeness (QED) is 0.860. The molecule has 8 nitrogen and oxygen atoms in total. The number of carbonyl (C=O) groups is 1. The van der Waals surface area contributed by atoms with Gasteiger partial charge in [0.05, 0.1) is 30.6 Å². The number of rotatable bonds is 4. The molecule has 0 bridgehead atoms. The Morgan fingerprint density at radius 3 is 2.85 bits per heavy atom. The summed E-state index contributed by atoms with van der Waals surface area (Å²) in [6.07, 6.45) is 5.34. The van der Waals surface area contributed by atoms with Crippen LogP contribution in [0.5, 0.6) is 0 Å². The molecule has 8 heteroatoms. The molecule has 4 rings (SSSR count). The van der Waals surface area contributed by atoms with Crippen LogP contribution in [0.15, 0.2) is 39.9 Å². The molecule has 0 radical (unpaired) electrons. The molecule has 2 saturated heterocycles. The van der Waals surface area contributed by atoms with Gasteiger partial charge in [-0.3, -0.25) is 14.5 Å². The highest BCUT2D eigenvalue weighted by Crippen LogP contribution is 2.22. The Balaban J connectivity index is 1.31. The number of aromatic amines is 1. The lowest BCUT2D eigenvalue weighted by Gasteiger charge is -2.39. The van der Waals surface area contributed by atoms with Crippen LogP contribution in [0.4, 0.5) is 5.69 Å². The summed E-state index contributed by atoms with van der Waals surface area (Å²) in [7, 11) is 0. The van der Waals surface area contributed by atoms with Gasteiger partial charge in [0, 0.05) is 38.8 Å². The Hall–Kier alpha value is -2.61. The van der Waals surface area contributed by atoms with Gasteiger partial charge in [-0.1, -0.05) is 0 Å². The van der Waals surface area contributed by atoms with E-state index in [4.69, 9.17) is 4.42 Å². The predicted octanol–water partition coefficient (Wildman–Crippen LogP) is 0.924. The molecule has 4 heterocycles. The minimum absolute atomic E-state index is 0.0569. The van der Waals surface area contributed by atoms with Gasteiger partial charge in [-0.05, 0) is 31.5 Å². The molecule has 2 aliphatic rings. The molecule has 2 aliphatic heterocycles. The number of hydrogen-bond donors (Lipinski definition) is 1. The van der Waals surface area contributed by atoms with Crippen LogP contribution in [0.2, 0.25) is 0 Å². The third-order valence-electron chi connectivity index (χ3n) is 5.42. The van der Waals surface area contributed by atoms with Crippen LogP contribution in [0.25, 0.3) is 0 Å². The lowest BCUT2D eigenvalue weighted by atomic mass is 9.96. The maximum atomic E-state index is 13.0. The highest BCUT2D eigenvalue weighted by Gasteiger charge is 2.31. The molecular formula is C19H25N5O3. The van der Waals surface area contributed by atoms with Crippen LogP contribution in [-0.2, 0) is 11.3 Å².